The molecule has 44 heavy (non-hydrogen) atoms. The van der Waals surface area contributed by atoms with Gasteiger partial charge >= 0.3 is 0 Å². The molecule has 0 aromatic heterocycles. The molecule has 3 rings (SSSR count). The second-order valence-electron chi connectivity index (χ2n) is 10.4. The van der Waals surface area contributed by atoms with Gasteiger partial charge in [0.15, 0.2) is 11.5 Å². The van der Waals surface area contributed by atoms with Crippen molar-refractivity contribution in [2.24, 2.45) is 0 Å². The van der Waals surface area contributed by atoms with E-state index in [1.54, 1.807) is 13.0 Å². The molecule has 10 nitrogen and oxygen atoms in total. The summed E-state index contributed by atoms with van der Waals surface area (Å²) in [6, 6.07) is 15.2. The van der Waals surface area contributed by atoms with Crippen molar-refractivity contribution in [1.29, 1.82) is 0 Å². The highest BCUT2D eigenvalue weighted by Gasteiger charge is 2.35. The minimum Gasteiger partial charge on any atom is -0.495 e. The summed E-state index contributed by atoms with van der Waals surface area (Å²) in [4.78, 5) is 28.9. The Balaban J connectivity index is 2.17. The fraction of sp³-hybridized carbons (Fsp3) is 0.375. The number of rotatable bonds is 14. The third-order valence-corrected chi connectivity index (χ3v) is 8.91. The molecule has 0 fully saturated rings. The van der Waals surface area contributed by atoms with Gasteiger partial charge in [-0.3, -0.25) is 13.9 Å². The van der Waals surface area contributed by atoms with E-state index in [4.69, 9.17) is 25.8 Å². The summed E-state index contributed by atoms with van der Waals surface area (Å²) in [6.07, 6.45) is 0.305. The van der Waals surface area contributed by atoms with E-state index in [9.17, 15) is 18.0 Å². The number of anilines is 1. The summed E-state index contributed by atoms with van der Waals surface area (Å²) in [6.45, 7) is 6.86. The van der Waals surface area contributed by atoms with E-state index >= 15 is 0 Å². The lowest BCUT2D eigenvalue weighted by atomic mass is 10.1. The zero-order valence-corrected chi connectivity index (χ0v) is 27.7. The van der Waals surface area contributed by atoms with Crippen LogP contribution in [0.5, 0.6) is 17.2 Å². The molecule has 0 bridgehead atoms. The number of hydrogen-bond donors (Lipinski definition) is 1. The number of methoxy groups -OCH3 is 3. The Morgan fingerprint density at radius 2 is 1.50 bits per heavy atom. The summed E-state index contributed by atoms with van der Waals surface area (Å²) >= 11 is 6.32. The minimum absolute atomic E-state index is 0.0538. The van der Waals surface area contributed by atoms with Crippen LogP contribution < -0.4 is 23.8 Å². The second-order valence-corrected chi connectivity index (χ2v) is 12.7. The van der Waals surface area contributed by atoms with Gasteiger partial charge in [-0.1, -0.05) is 48.4 Å². The smallest absolute Gasteiger partial charge is 0.265 e. The zero-order chi connectivity index (χ0) is 32.6. The summed E-state index contributed by atoms with van der Waals surface area (Å²) in [5.74, 6) is -0.225. The van der Waals surface area contributed by atoms with E-state index in [-0.39, 0.29) is 45.6 Å². The summed E-state index contributed by atoms with van der Waals surface area (Å²) in [5, 5.41) is 3.12. The first-order valence-corrected chi connectivity index (χ1v) is 15.9. The van der Waals surface area contributed by atoms with Crippen molar-refractivity contribution in [3.8, 4) is 17.2 Å². The maximum Gasteiger partial charge on any atom is 0.265 e. The molecule has 1 unspecified atom stereocenters. The van der Waals surface area contributed by atoms with Crippen LogP contribution in [-0.2, 0) is 26.2 Å². The second kappa shape index (κ2) is 15.2. The van der Waals surface area contributed by atoms with Crippen molar-refractivity contribution < 1.29 is 32.2 Å². The number of sulfonamides is 1. The van der Waals surface area contributed by atoms with Gasteiger partial charge in [0, 0.05) is 23.7 Å². The summed E-state index contributed by atoms with van der Waals surface area (Å²) in [5.41, 5.74) is 1.88. The Labute approximate surface area is 264 Å². The fourth-order valence-corrected chi connectivity index (χ4v) is 6.26. The van der Waals surface area contributed by atoms with E-state index in [2.05, 4.69) is 5.32 Å². The van der Waals surface area contributed by atoms with Gasteiger partial charge in [0.05, 0.1) is 31.9 Å². The Morgan fingerprint density at radius 1 is 0.886 bits per heavy atom. The summed E-state index contributed by atoms with van der Waals surface area (Å²) < 4.78 is 45.7. The van der Waals surface area contributed by atoms with Crippen molar-refractivity contribution in [2.45, 2.75) is 57.6 Å². The topological polar surface area (TPSA) is 114 Å². The number of carbonyl (C=O) groups is 2. The Hall–Kier alpha value is -3.96. The number of nitrogens with zero attached hydrogens (tertiary/aromatic N) is 2. The van der Waals surface area contributed by atoms with E-state index < -0.39 is 28.5 Å². The van der Waals surface area contributed by atoms with E-state index in [1.807, 2.05) is 45.0 Å². The summed E-state index contributed by atoms with van der Waals surface area (Å²) in [7, 11) is -0.202. The number of nitrogens with one attached hydrogen (secondary N) is 1. The monoisotopic (exact) mass is 645 g/mol. The number of amides is 2. The van der Waals surface area contributed by atoms with Gasteiger partial charge in [-0.05, 0) is 63.1 Å². The van der Waals surface area contributed by atoms with E-state index in [1.165, 1.54) is 56.6 Å². The number of benzene rings is 3. The molecule has 3 aromatic carbocycles. The molecule has 0 saturated heterocycles. The average Bonchev–Trinajstić information content (AvgIpc) is 2.99. The van der Waals surface area contributed by atoms with Crippen molar-refractivity contribution >= 4 is 39.1 Å². The number of aryl methyl sites for hydroxylation is 1. The van der Waals surface area contributed by atoms with Crippen LogP contribution in [0.4, 0.5) is 5.69 Å². The molecule has 0 radical (unpaired) electrons. The van der Waals surface area contributed by atoms with Crippen molar-refractivity contribution in [3.05, 3.63) is 76.8 Å². The lowest BCUT2D eigenvalue weighted by molar-refractivity contribution is -0.140. The molecule has 0 aliphatic carbocycles. The van der Waals surface area contributed by atoms with Gasteiger partial charge in [0.2, 0.25) is 11.8 Å². The molecule has 238 valence electrons. The van der Waals surface area contributed by atoms with Crippen molar-refractivity contribution in [2.75, 3.05) is 32.2 Å². The molecule has 0 aliphatic heterocycles. The van der Waals surface area contributed by atoms with Crippen LogP contribution >= 0.6 is 11.6 Å². The molecular weight excluding hydrogens is 606 g/mol. The Morgan fingerprint density at radius 3 is 2.07 bits per heavy atom. The van der Waals surface area contributed by atoms with Gasteiger partial charge in [-0.25, -0.2) is 8.42 Å². The predicted octanol–water partition coefficient (Wildman–Crippen LogP) is 5.20. The van der Waals surface area contributed by atoms with Crippen LogP contribution in [0.2, 0.25) is 5.02 Å². The molecule has 12 heteroatoms. The Bertz CT molecular complexity index is 1560. The SMILES string of the molecule is CCC(C(=O)NC(C)C)N(Cc1ccc(C)cc1)C(=O)CN(c1cc(Cl)ccc1OC)S(=O)(=O)c1ccc(OC)c(OC)c1. The van der Waals surface area contributed by atoms with Crippen LogP contribution in [0, 0.1) is 6.92 Å². The minimum atomic E-state index is -4.43. The molecule has 1 atom stereocenters. The molecule has 3 aromatic rings. The van der Waals surface area contributed by atoms with Gasteiger partial charge in [-0.15, -0.1) is 0 Å². The number of halogens is 1. The third-order valence-electron chi connectivity index (χ3n) is 6.92. The van der Waals surface area contributed by atoms with E-state index in [0.29, 0.717) is 12.2 Å². The lowest BCUT2D eigenvalue weighted by Gasteiger charge is -2.34. The average molecular weight is 646 g/mol. The number of hydrogen-bond acceptors (Lipinski definition) is 7. The highest BCUT2D eigenvalue weighted by atomic mass is 35.5. The Kier molecular flexibility index (Phi) is 11.9. The van der Waals surface area contributed by atoms with E-state index in [0.717, 1.165) is 15.4 Å². The molecular formula is C32H40ClN3O7S. The maximum absolute atomic E-state index is 14.3. The van der Waals surface area contributed by atoms with Crippen molar-refractivity contribution in [3.63, 3.8) is 0 Å². The third kappa shape index (κ3) is 8.15. The first-order chi connectivity index (χ1) is 20.9. The first kappa shape index (κ1) is 34.5. The van der Waals surface area contributed by atoms with Gasteiger partial charge in [-0.2, -0.15) is 0 Å². The maximum atomic E-state index is 14.3. The predicted molar refractivity (Wildman–Crippen MR) is 171 cm³/mol. The lowest BCUT2D eigenvalue weighted by Crippen LogP contribution is -2.53. The zero-order valence-electron chi connectivity index (χ0n) is 26.1. The van der Waals surface area contributed by atoms with Crippen molar-refractivity contribution in [1.82, 2.24) is 10.2 Å². The number of ether oxygens (including phenoxy) is 3. The van der Waals surface area contributed by atoms with Crippen LogP contribution in [0.1, 0.15) is 38.3 Å². The van der Waals surface area contributed by atoms with Crippen LogP contribution in [0.3, 0.4) is 0 Å². The van der Waals surface area contributed by atoms with Crippen LogP contribution in [0.15, 0.2) is 65.6 Å². The van der Waals surface area contributed by atoms with Crippen LogP contribution in [-0.4, -0.2) is 65.1 Å². The quantitative estimate of drug-likeness (QED) is 0.256. The highest BCUT2D eigenvalue weighted by Crippen LogP contribution is 2.37. The van der Waals surface area contributed by atoms with Gasteiger partial charge < -0.3 is 24.4 Å². The largest absolute Gasteiger partial charge is 0.495 e. The highest BCUT2D eigenvalue weighted by molar-refractivity contribution is 7.92. The molecule has 0 heterocycles. The standard InChI is InChI=1S/C32H40ClN3O7S/c1-8-26(32(38)34-21(2)3)35(19-23-11-9-22(4)10-12-23)31(37)20-36(27-17-24(33)13-15-28(27)41-5)44(39,40)25-14-16-29(42-6)30(18-25)43-7/h9-18,21,26H,8,19-20H2,1-7H3,(H,34,38). The molecule has 0 saturated carbocycles. The normalized spacial score (nSPS) is 11.9. The molecule has 1 N–H and O–H groups in total. The van der Waals surface area contributed by atoms with Gasteiger partial charge in [0.25, 0.3) is 10.0 Å². The molecule has 0 spiro atoms. The fourth-order valence-electron chi connectivity index (χ4n) is 4.67. The first-order valence-electron chi connectivity index (χ1n) is 14.1. The molecule has 2 amide bonds. The molecule has 0 aliphatic rings. The van der Waals surface area contributed by atoms with Gasteiger partial charge in [0.1, 0.15) is 18.3 Å². The number of carbonyl (C=O) groups excluding carboxylic acids is 2. The van der Waals surface area contributed by atoms with Crippen LogP contribution in [0.25, 0.3) is 0 Å².